The van der Waals surface area contributed by atoms with E-state index in [2.05, 4.69) is 36.6 Å². The van der Waals surface area contributed by atoms with Crippen molar-refractivity contribution in [1.82, 2.24) is 4.72 Å². The highest BCUT2D eigenvalue weighted by Gasteiger charge is 2.23. The lowest BCUT2D eigenvalue weighted by molar-refractivity contribution is 0.270. The molecule has 98 valence electrons. The fraction of sp³-hybridized carbons (Fsp3) is 0.556. The van der Waals surface area contributed by atoms with Crippen LogP contribution in [0, 0.1) is 0 Å². The van der Waals surface area contributed by atoms with Gasteiger partial charge in [0, 0.05) is 12.6 Å². The Morgan fingerprint density at radius 3 is 2.59 bits per heavy atom. The Balaban J connectivity index is 2.92. The number of thiophene rings is 1. The standard InChI is InChI=1S/C9H13Br2NO3S2/c1-2-6(3-4-13)12-17(14,15)7-5-8(10)16-9(7)11/h5-6,12-13H,2-4H2,1H3. The predicted molar refractivity (Wildman–Crippen MR) is 75.8 cm³/mol. The van der Waals surface area contributed by atoms with E-state index in [0.29, 0.717) is 16.6 Å². The first-order chi connectivity index (χ1) is 7.90. The molecule has 4 nitrogen and oxygen atoms in total. The number of nitrogens with one attached hydrogen (secondary N) is 1. The molecule has 1 unspecified atom stereocenters. The van der Waals surface area contributed by atoms with Gasteiger partial charge in [-0.15, -0.1) is 11.3 Å². The second kappa shape index (κ2) is 6.63. The van der Waals surface area contributed by atoms with Crippen LogP contribution in [-0.4, -0.2) is 26.2 Å². The van der Waals surface area contributed by atoms with E-state index in [0.717, 1.165) is 3.79 Å². The fourth-order valence-electron chi connectivity index (χ4n) is 1.29. The normalized spacial score (nSPS) is 13.9. The summed E-state index contributed by atoms with van der Waals surface area (Å²) >= 11 is 7.78. The molecule has 0 bridgehead atoms. The Bertz CT molecular complexity index is 473. The Kier molecular flexibility index (Phi) is 6.07. The lowest BCUT2D eigenvalue weighted by Gasteiger charge is -2.15. The molecule has 1 heterocycles. The molecule has 0 aliphatic rings. The van der Waals surface area contributed by atoms with Crippen molar-refractivity contribution in [1.29, 1.82) is 0 Å². The van der Waals surface area contributed by atoms with Crippen molar-refractivity contribution in [2.24, 2.45) is 0 Å². The van der Waals surface area contributed by atoms with E-state index in [-0.39, 0.29) is 17.5 Å². The van der Waals surface area contributed by atoms with E-state index >= 15 is 0 Å². The molecule has 1 aromatic heterocycles. The van der Waals surface area contributed by atoms with Gasteiger partial charge in [-0.3, -0.25) is 0 Å². The molecule has 1 rings (SSSR count). The minimum absolute atomic E-state index is 0.0322. The third kappa shape index (κ3) is 4.29. The number of sulfonamides is 1. The molecule has 0 amide bonds. The average Bonchev–Trinajstić information content (AvgIpc) is 2.57. The second-order valence-corrected chi connectivity index (χ2v) is 8.86. The molecule has 0 aliphatic carbocycles. The third-order valence-corrected chi connectivity index (χ3v) is 6.48. The highest BCUT2D eigenvalue weighted by atomic mass is 79.9. The number of halogens is 2. The van der Waals surface area contributed by atoms with Gasteiger partial charge in [-0.05, 0) is 50.8 Å². The summed E-state index contributed by atoms with van der Waals surface area (Å²) in [5.41, 5.74) is 0. The molecular formula is C9H13Br2NO3S2. The van der Waals surface area contributed by atoms with Gasteiger partial charge in [-0.25, -0.2) is 13.1 Å². The predicted octanol–water partition coefficient (Wildman–Crippen LogP) is 2.71. The molecule has 0 aliphatic heterocycles. The van der Waals surface area contributed by atoms with Crippen molar-refractivity contribution >= 4 is 53.2 Å². The quantitative estimate of drug-likeness (QED) is 0.763. The lowest BCUT2D eigenvalue weighted by Crippen LogP contribution is -2.35. The van der Waals surface area contributed by atoms with Crippen LogP contribution in [0.15, 0.2) is 18.5 Å². The molecule has 0 saturated carbocycles. The van der Waals surface area contributed by atoms with Crippen LogP contribution in [0.25, 0.3) is 0 Å². The summed E-state index contributed by atoms with van der Waals surface area (Å²) in [5, 5.41) is 8.84. The van der Waals surface area contributed by atoms with E-state index in [9.17, 15) is 8.42 Å². The zero-order chi connectivity index (χ0) is 13.1. The summed E-state index contributed by atoms with van der Waals surface area (Å²) in [7, 11) is -3.53. The largest absolute Gasteiger partial charge is 0.396 e. The molecule has 0 aromatic carbocycles. The first kappa shape index (κ1) is 15.6. The summed E-state index contributed by atoms with van der Waals surface area (Å²) in [6.07, 6.45) is 1.06. The molecular weight excluding hydrogens is 394 g/mol. The molecule has 0 spiro atoms. The Hall–Kier alpha value is 0.530. The highest BCUT2D eigenvalue weighted by Crippen LogP contribution is 2.34. The molecule has 0 fully saturated rings. The minimum atomic E-state index is -3.53. The van der Waals surface area contributed by atoms with E-state index < -0.39 is 10.0 Å². The minimum Gasteiger partial charge on any atom is -0.396 e. The van der Waals surface area contributed by atoms with Crippen LogP contribution in [-0.2, 0) is 10.0 Å². The summed E-state index contributed by atoms with van der Waals surface area (Å²) in [6, 6.07) is 1.32. The summed E-state index contributed by atoms with van der Waals surface area (Å²) < 4.78 is 28.0. The number of aliphatic hydroxyl groups is 1. The zero-order valence-electron chi connectivity index (χ0n) is 9.11. The number of rotatable bonds is 6. The van der Waals surface area contributed by atoms with Crippen molar-refractivity contribution in [2.75, 3.05) is 6.61 Å². The Labute approximate surface area is 122 Å². The van der Waals surface area contributed by atoms with Gasteiger partial charge >= 0.3 is 0 Å². The van der Waals surface area contributed by atoms with Crippen molar-refractivity contribution in [3.63, 3.8) is 0 Å². The number of aliphatic hydroxyl groups excluding tert-OH is 1. The van der Waals surface area contributed by atoms with Crippen molar-refractivity contribution in [3.05, 3.63) is 13.6 Å². The summed E-state index contributed by atoms with van der Waals surface area (Å²) in [4.78, 5) is 0.228. The Morgan fingerprint density at radius 1 is 1.53 bits per heavy atom. The van der Waals surface area contributed by atoms with Crippen LogP contribution in [0.1, 0.15) is 19.8 Å². The van der Waals surface area contributed by atoms with E-state index in [1.165, 1.54) is 11.3 Å². The molecule has 1 atom stereocenters. The molecule has 0 saturated heterocycles. The Morgan fingerprint density at radius 2 is 2.18 bits per heavy atom. The van der Waals surface area contributed by atoms with Gasteiger partial charge in [-0.2, -0.15) is 0 Å². The van der Waals surface area contributed by atoms with Gasteiger partial charge in [0.2, 0.25) is 10.0 Å². The first-order valence-corrected chi connectivity index (χ1v) is 8.87. The maximum absolute atomic E-state index is 12.1. The van der Waals surface area contributed by atoms with Gasteiger partial charge in [0.1, 0.15) is 4.90 Å². The van der Waals surface area contributed by atoms with Gasteiger partial charge in [0.05, 0.1) is 7.57 Å². The van der Waals surface area contributed by atoms with Crippen LogP contribution < -0.4 is 4.72 Å². The van der Waals surface area contributed by atoms with E-state index in [4.69, 9.17) is 5.11 Å². The van der Waals surface area contributed by atoms with Gasteiger partial charge < -0.3 is 5.11 Å². The third-order valence-electron chi connectivity index (χ3n) is 2.21. The number of hydrogen-bond donors (Lipinski definition) is 2. The maximum atomic E-state index is 12.1. The monoisotopic (exact) mass is 405 g/mol. The van der Waals surface area contributed by atoms with Crippen LogP contribution in [0.2, 0.25) is 0 Å². The highest BCUT2D eigenvalue weighted by molar-refractivity contribution is 9.12. The van der Waals surface area contributed by atoms with E-state index in [1.807, 2.05) is 6.92 Å². The molecule has 8 heteroatoms. The van der Waals surface area contributed by atoms with Gasteiger partial charge in [0.15, 0.2) is 0 Å². The molecule has 1 aromatic rings. The zero-order valence-corrected chi connectivity index (χ0v) is 13.9. The smallest absolute Gasteiger partial charge is 0.242 e. The van der Waals surface area contributed by atoms with Crippen molar-refractivity contribution < 1.29 is 13.5 Å². The van der Waals surface area contributed by atoms with Gasteiger partial charge in [0.25, 0.3) is 0 Å². The molecule has 2 N–H and O–H groups in total. The van der Waals surface area contributed by atoms with Crippen LogP contribution in [0.3, 0.4) is 0 Å². The topological polar surface area (TPSA) is 66.4 Å². The average molecular weight is 407 g/mol. The van der Waals surface area contributed by atoms with Crippen molar-refractivity contribution in [3.8, 4) is 0 Å². The maximum Gasteiger partial charge on any atom is 0.242 e. The fourth-order valence-corrected chi connectivity index (χ4v) is 6.46. The SMILES string of the molecule is CCC(CCO)NS(=O)(=O)c1cc(Br)sc1Br. The molecule has 0 radical (unpaired) electrons. The summed E-state index contributed by atoms with van der Waals surface area (Å²) in [5.74, 6) is 0. The second-order valence-electron chi connectivity index (χ2n) is 3.43. The van der Waals surface area contributed by atoms with Crippen molar-refractivity contribution in [2.45, 2.75) is 30.7 Å². The summed E-state index contributed by atoms with van der Waals surface area (Å²) in [6.45, 7) is 1.84. The first-order valence-electron chi connectivity index (χ1n) is 4.98. The number of hydrogen-bond acceptors (Lipinski definition) is 4. The lowest BCUT2D eigenvalue weighted by atomic mass is 10.2. The van der Waals surface area contributed by atoms with Gasteiger partial charge in [-0.1, -0.05) is 6.92 Å². The van der Waals surface area contributed by atoms with Crippen LogP contribution in [0.4, 0.5) is 0 Å². The van der Waals surface area contributed by atoms with Crippen LogP contribution in [0.5, 0.6) is 0 Å². The van der Waals surface area contributed by atoms with Crippen LogP contribution >= 0.6 is 43.2 Å². The van der Waals surface area contributed by atoms with E-state index in [1.54, 1.807) is 6.07 Å². The molecule has 17 heavy (non-hydrogen) atoms.